The quantitative estimate of drug-likeness (QED) is 0.713. The van der Waals surface area contributed by atoms with Crippen LogP contribution in [0.1, 0.15) is 78.1 Å². The van der Waals surface area contributed by atoms with E-state index >= 15 is 0 Å². The monoisotopic (exact) mass is 359 g/mol. The Balaban J connectivity index is 1.41. The van der Waals surface area contributed by atoms with Crippen molar-refractivity contribution in [1.82, 2.24) is 4.90 Å². The zero-order valence-electron chi connectivity index (χ0n) is 16.8. The van der Waals surface area contributed by atoms with Crippen LogP contribution in [0, 0.1) is 34.5 Å². The number of rotatable bonds is 1. The predicted molar refractivity (Wildman–Crippen MR) is 102 cm³/mol. The molecule has 0 aromatic heterocycles. The fourth-order valence-corrected chi connectivity index (χ4v) is 9.27. The van der Waals surface area contributed by atoms with E-state index in [1.54, 1.807) is 0 Å². The summed E-state index contributed by atoms with van der Waals surface area (Å²) >= 11 is 0. The van der Waals surface area contributed by atoms with Gasteiger partial charge in [-0.05, 0) is 105 Å². The number of ether oxygens (including phenoxy) is 1. The summed E-state index contributed by atoms with van der Waals surface area (Å²) in [5, 5.41) is 11.4. The van der Waals surface area contributed by atoms with Crippen molar-refractivity contribution < 1.29 is 9.84 Å². The second kappa shape index (κ2) is 5.27. The van der Waals surface area contributed by atoms with Crippen molar-refractivity contribution in [1.29, 1.82) is 0 Å². The molecule has 4 unspecified atom stereocenters. The minimum absolute atomic E-state index is 0.128. The molecule has 0 radical (unpaired) electrons. The molecule has 2 aliphatic heterocycles. The Labute approximate surface area is 158 Å². The lowest BCUT2D eigenvalue weighted by Crippen LogP contribution is -2.66. The van der Waals surface area contributed by atoms with Crippen LogP contribution in [0.5, 0.6) is 0 Å². The van der Waals surface area contributed by atoms with Crippen LogP contribution in [0.25, 0.3) is 0 Å². The molecule has 0 bridgehead atoms. The molecular weight excluding hydrogens is 322 g/mol. The van der Waals surface area contributed by atoms with Crippen LogP contribution >= 0.6 is 0 Å². The molecule has 9 atom stereocenters. The van der Waals surface area contributed by atoms with Crippen LogP contribution in [-0.4, -0.2) is 41.0 Å². The third-order valence-electron chi connectivity index (χ3n) is 10.5. The number of nitrogens with zero attached hydrogens (tertiary/aromatic N) is 1. The van der Waals surface area contributed by atoms with Gasteiger partial charge in [-0.15, -0.1) is 0 Å². The summed E-state index contributed by atoms with van der Waals surface area (Å²) in [4.78, 5) is 2.65. The van der Waals surface area contributed by atoms with Gasteiger partial charge in [0.2, 0.25) is 5.79 Å². The van der Waals surface area contributed by atoms with E-state index in [1.807, 2.05) is 0 Å². The molecule has 146 valence electrons. The fraction of sp³-hybridized carbons (Fsp3) is 1.00. The van der Waals surface area contributed by atoms with Crippen molar-refractivity contribution in [2.24, 2.45) is 34.5 Å². The number of fused-ring (bicyclic) bond motifs is 6. The molecule has 0 spiro atoms. The SMILES string of the molecule is C[C@@]12CCC[C@H]1[C@@H]1CCC3CC4OC4(O)C(N4CCCC4)[C@]3(C)[C@@H]1CC2. The van der Waals surface area contributed by atoms with Crippen molar-refractivity contribution in [2.45, 2.75) is 96.0 Å². The van der Waals surface area contributed by atoms with Gasteiger partial charge in [0.25, 0.3) is 0 Å². The van der Waals surface area contributed by atoms with Crippen LogP contribution in [0.15, 0.2) is 0 Å². The standard InChI is InChI=1S/C23H37NO2/c1-21-10-5-6-17(21)16-8-7-15-14-19-23(25,26-19)20(24-12-3-4-13-24)22(15,2)18(16)9-11-21/h15-20,25H,3-14H2,1-2H3/t15?,16-,17-,18+,19?,20?,21-,22-,23?/m0/s1. The molecule has 2 saturated heterocycles. The number of likely N-dealkylation sites (tertiary alicyclic amines) is 1. The summed E-state index contributed by atoms with van der Waals surface area (Å²) in [5.74, 6) is 2.59. The molecule has 0 amide bonds. The van der Waals surface area contributed by atoms with Crippen molar-refractivity contribution in [2.75, 3.05) is 13.1 Å². The van der Waals surface area contributed by atoms with E-state index in [1.165, 1.54) is 70.9 Å². The highest BCUT2D eigenvalue weighted by Crippen LogP contribution is 2.70. The first kappa shape index (κ1) is 16.8. The highest BCUT2D eigenvalue weighted by molar-refractivity contribution is 5.21. The molecule has 6 fully saturated rings. The maximum atomic E-state index is 11.4. The first-order valence-electron chi connectivity index (χ1n) is 11.6. The molecule has 26 heavy (non-hydrogen) atoms. The predicted octanol–water partition coefficient (Wildman–Crippen LogP) is 4.19. The van der Waals surface area contributed by atoms with E-state index in [0.717, 1.165) is 30.1 Å². The molecule has 3 nitrogen and oxygen atoms in total. The molecule has 1 N–H and O–H groups in total. The summed E-state index contributed by atoms with van der Waals surface area (Å²) in [7, 11) is 0. The number of aliphatic hydroxyl groups is 1. The van der Waals surface area contributed by atoms with Gasteiger partial charge in [0, 0.05) is 0 Å². The molecule has 4 aliphatic carbocycles. The van der Waals surface area contributed by atoms with Crippen molar-refractivity contribution in [3.8, 4) is 0 Å². The summed E-state index contributed by atoms with van der Waals surface area (Å²) in [5.41, 5.74) is 0.872. The smallest absolute Gasteiger partial charge is 0.209 e. The lowest BCUT2D eigenvalue weighted by atomic mass is 9.44. The summed E-state index contributed by atoms with van der Waals surface area (Å²) in [6, 6.07) is 0.250. The lowest BCUT2D eigenvalue weighted by molar-refractivity contribution is -0.183. The zero-order valence-corrected chi connectivity index (χ0v) is 16.8. The number of hydrogen-bond donors (Lipinski definition) is 1. The molecule has 4 saturated carbocycles. The van der Waals surface area contributed by atoms with Gasteiger partial charge in [0.05, 0.1) is 6.04 Å². The van der Waals surface area contributed by atoms with Gasteiger partial charge >= 0.3 is 0 Å². The normalized spacial score (nSPS) is 61.5. The van der Waals surface area contributed by atoms with Gasteiger partial charge in [-0.3, -0.25) is 4.90 Å². The summed E-state index contributed by atoms with van der Waals surface area (Å²) in [6.45, 7) is 7.53. The lowest BCUT2D eigenvalue weighted by Gasteiger charge is -2.63. The second-order valence-electron chi connectivity index (χ2n) is 11.3. The number of hydrogen-bond acceptors (Lipinski definition) is 3. The van der Waals surface area contributed by atoms with Crippen molar-refractivity contribution >= 4 is 0 Å². The van der Waals surface area contributed by atoms with Crippen LogP contribution < -0.4 is 0 Å². The largest absolute Gasteiger partial charge is 0.362 e. The zero-order chi connectivity index (χ0) is 17.7. The van der Waals surface area contributed by atoms with Gasteiger partial charge in [0.1, 0.15) is 6.10 Å². The third kappa shape index (κ3) is 1.96. The minimum Gasteiger partial charge on any atom is -0.362 e. The molecule has 2 heterocycles. The Morgan fingerprint density at radius 2 is 1.73 bits per heavy atom. The van der Waals surface area contributed by atoms with Crippen LogP contribution in [-0.2, 0) is 4.74 Å². The second-order valence-corrected chi connectivity index (χ2v) is 11.3. The Kier molecular flexibility index (Phi) is 3.41. The van der Waals surface area contributed by atoms with Crippen LogP contribution in [0.2, 0.25) is 0 Å². The van der Waals surface area contributed by atoms with E-state index in [4.69, 9.17) is 4.74 Å². The molecule has 6 rings (SSSR count). The minimum atomic E-state index is -0.825. The molecule has 0 aromatic carbocycles. The first-order chi connectivity index (χ1) is 12.5. The van der Waals surface area contributed by atoms with Gasteiger partial charge in [-0.25, -0.2) is 0 Å². The van der Waals surface area contributed by atoms with Gasteiger partial charge in [0.15, 0.2) is 0 Å². The van der Waals surface area contributed by atoms with Crippen molar-refractivity contribution in [3.63, 3.8) is 0 Å². The third-order valence-corrected chi connectivity index (χ3v) is 10.5. The highest BCUT2D eigenvalue weighted by atomic mass is 16.7. The van der Waals surface area contributed by atoms with E-state index in [-0.39, 0.29) is 17.6 Å². The van der Waals surface area contributed by atoms with Gasteiger partial charge in [-0.1, -0.05) is 20.3 Å². The topological polar surface area (TPSA) is 36.0 Å². The number of epoxide rings is 1. The molecule has 0 aromatic rings. The molecule has 3 heteroatoms. The van der Waals surface area contributed by atoms with E-state index < -0.39 is 5.79 Å². The van der Waals surface area contributed by atoms with Gasteiger partial charge < -0.3 is 9.84 Å². The molecule has 6 aliphatic rings. The maximum Gasteiger partial charge on any atom is 0.209 e. The summed E-state index contributed by atoms with van der Waals surface area (Å²) < 4.78 is 6.05. The van der Waals surface area contributed by atoms with Gasteiger partial charge in [-0.2, -0.15) is 0 Å². The fourth-order valence-electron chi connectivity index (χ4n) is 9.27. The molecular formula is C23H37NO2. The average molecular weight is 360 g/mol. The highest BCUT2D eigenvalue weighted by Gasteiger charge is 2.75. The maximum absolute atomic E-state index is 11.4. The first-order valence-corrected chi connectivity index (χ1v) is 11.6. The van der Waals surface area contributed by atoms with E-state index in [2.05, 4.69) is 18.7 Å². The Hall–Kier alpha value is -0.120. The van der Waals surface area contributed by atoms with E-state index in [0.29, 0.717) is 5.41 Å². The Morgan fingerprint density at radius 1 is 0.923 bits per heavy atom. The van der Waals surface area contributed by atoms with Crippen molar-refractivity contribution in [3.05, 3.63) is 0 Å². The summed E-state index contributed by atoms with van der Waals surface area (Å²) in [6.07, 6.45) is 13.9. The van der Waals surface area contributed by atoms with E-state index in [9.17, 15) is 5.11 Å². The van der Waals surface area contributed by atoms with Crippen LogP contribution in [0.4, 0.5) is 0 Å². The van der Waals surface area contributed by atoms with Crippen LogP contribution in [0.3, 0.4) is 0 Å². The average Bonchev–Trinajstić information content (AvgIpc) is 2.97. The Morgan fingerprint density at radius 3 is 2.54 bits per heavy atom. The Bertz CT molecular complexity index is 603.